The van der Waals surface area contributed by atoms with Gasteiger partial charge in [-0.25, -0.2) is 0 Å². The molecule has 25 heavy (non-hydrogen) atoms. The summed E-state index contributed by atoms with van der Waals surface area (Å²) in [5, 5.41) is 11.6. The normalized spacial score (nSPS) is 15.9. The zero-order chi connectivity index (χ0) is 17.4. The van der Waals surface area contributed by atoms with Crippen molar-refractivity contribution >= 4 is 16.7 Å². The highest BCUT2D eigenvalue weighted by Gasteiger charge is 2.38. The molecule has 4 rings (SSSR count). The quantitative estimate of drug-likeness (QED) is 0.728. The number of amides is 1. The summed E-state index contributed by atoms with van der Waals surface area (Å²) in [7, 11) is 1.61. The van der Waals surface area contributed by atoms with Gasteiger partial charge < -0.3 is 9.64 Å². The molecule has 3 aromatic rings. The van der Waals surface area contributed by atoms with Crippen LogP contribution in [0.25, 0.3) is 10.8 Å². The number of nitriles is 1. The predicted molar refractivity (Wildman–Crippen MR) is 95.2 cm³/mol. The monoisotopic (exact) mass is 328 g/mol. The highest BCUT2D eigenvalue weighted by Crippen LogP contribution is 2.39. The van der Waals surface area contributed by atoms with Crippen LogP contribution in [0.4, 0.5) is 0 Å². The molecular formula is C21H16N2O2. The number of nitrogens with zero attached hydrogens (tertiary/aromatic N) is 2. The van der Waals surface area contributed by atoms with Crippen LogP contribution in [-0.2, 0) is 6.54 Å². The van der Waals surface area contributed by atoms with E-state index in [4.69, 9.17) is 4.74 Å². The molecule has 0 radical (unpaired) electrons. The first-order valence-electron chi connectivity index (χ1n) is 8.08. The molecule has 0 saturated heterocycles. The second-order valence-corrected chi connectivity index (χ2v) is 6.03. The number of hydrogen-bond donors (Lipinski definition) is 0. The lowest BCUT2D eigenvalue weighted by Crippen LogP contribution is -2.27. The number of fused-ring (bicyclic) bond motifs is 3. The van der Waals surface area contributed by atoms with E-state index in [1.165, 1.54) is 0 Å². The van der Waals surface area contributed by atoms with E-state index in [-0.39, 0.29) is 5.91 Å². The molecule has 0 N–H and O–H groups in total. The summed E-state index contributed by atoms with van der Waals surface area (Å²) in [5.41, 5.74) is 2.30. The van der Waals surface area contributed by atoms with E-state index in [1.807, 2.05) is 60.7 Å². The van der Waals surface area contributed by atoms with Crippen molar-refractivity contribution in [3.05, 3.63) is 77.4 Å². The molecule has 1 aliphatic heterocycles. The van der Waals surface area contributed by atoms with Crippen molar-refractivity contribution in [1.29, 1.82) is 5.26 Å². The lowest BCUT2D eigenvalue weighted by Gasteiger charge is -2.21. The van der Waals surface area contributed by atoms with Gasteiger partial charge in [0.2, 0.25) is 0 Å². The second kappa shape index (κ2) is 5.95. The second-order valence-electron chi connectivity index (χ2n) is 6.03. The summed E-state index contributed by atoms with van der Waals surface area (Å²) in [6.45, 7) is 0.337. The van der Waals surface area contributed by atoms with Crippen LogP contribution in [0.3, 0.4) is 0 Å². The first-order chi connectivity index (χ1) is 12.2. The third-order valence-corrected chi connectivity index (χ3v) is 4.70. The summed E-state index contributed by atoms with van der Waals surface area (Å²) in [5.74, 6) is 0.608. The highest BCUT2D eigenvalue weighted by molar-refractivity contribution is 6.11. The molecule has 0 spiro atoms. The number of rotatable bonds is 3. The van der Waals surface area contributed by atoms with Crippen molar-refractivity contribution in [2.24, 2.45) is 0 Å². The third kappa shape index (κ3) is 2.33. The molecule has 1 aliphatic rings. The lowest BCUT2D eigenvalue weighted by atomic mass is 9.98. The zero-order valence-corrected chi connectivity index (χ0v) is 13.8. The molecule has 4 heteroatoms. The molecule has 0 bridgehead atoms. The average Bonchev–Trinajstić information content (AvgIpc) is 2.94. The fourth-order valence-electron chi connectivity index (χ4n) is 3.50. The summed E-state index contributed by atoms with van der Waals surface area (Å²) < 4.78 is 5.39. The Bertz CT molecular complexity index is 1020. The van der Waals surface area contributed by atoms with Crippen LogP contribution in [0.15, 0.2) is 60.7 Å². The maximum Gasteiger partial charge on any atom is 0.256 e. The molecule has 122 valence electrons. The van der Waals surface area contributed by atoms with E-state index in [2.05, 4.69) is 6.07 Å². The van der Waals surface area contributed by atoms with Gasteiger partial charge in [0.25, 0.3) is 5.91 Å². The fraction of sp³-hybridized carbons (Fsp3) is 0.143. The van der Waals surface area contributed by atoms with Crippen LogP contribution in [0, 0.1) is 11.3 Å². The minimum Gasteiger partial charge on any atom is -0.496 e. The Balaban J connectivity index is 1.81. The maximum absolute atomic E-state index is 13.1. The van der Waals surface area contributed by atoms with Gasteiger partial charge in [-0.3, -0.25) is 4.79 Å². The van der Waals surface area contributed by atoms with Crippen LogP contribution >= 0.6 is 0 Å². The van der Waals surface area contributed by atoms with Gasteiger partial charge in [-0.05, 0) is 16.8 Å². The maximum atomic E-state index is 13.1. The number of methoxy groups -OCH3 is 1. The molecule has 0 fully saturated rings. The minimum atomic E-state index is -0.586. The SMILES string of the molecule is COc1ccccc1CN1C(=O)c2c(ccc3ccccc23)C1C#N. The number of carbonyl (C=O) groups excluding carboxylic acids is 1. The van der Waals surface area contributed by atoms with Crippen molar-refractivity contribution < 1.29 is 9.53 Å². The van der Waals surface area contributed by atoms with Gasteiger partial charge in [-0.15, -0.1) is 0 Å². The van der Waals surface area contributed by atoms with E-state index < -0.39 is 6.04 Å². The predicted octanol–water partition coefficient (Wildman–Crippen LogP) is 4.07. The highest BCUT2D eigenvalue weighted by atomic mass is 16.5. The molecular weight excluding hydrogens is 312 g/mol. The largest absolute Gasteiger partial charge is 0.496 e. The van der Waals surface area contributed by atoms with Crippen molar-refractivity contribution in [2.75, 3.05) is 7.11 Å². The summed E-state index contributed by atoms with van der Waals surface area (Å²) in [6, 6.07) is 20.9. The number of ether oxygens (including phenoxy) is 1. The Kier molecular flexibility index (Phi) is 3.62. The molecule has 1 heterocycles. The average molecular weight is 328 g/mol. The third-order valence-electron chi connectivity index (χ3n) is 4.70. The van der Waals surface area contributed by atoms with E-state index in [9.17, 15) is 10.1 Å². The van der Waals surface area contributed by atoms with Crippen molar-refractivity contribution in [3.63, 3.8) is 0 Å². The van der Waals surface area contributed by atoms with E-state index >= 15 is 0 Å². The fourth-order valence-corrected chi connectivity index (χ4v) is 3.50. The van der Waals surface area contributed by atoms with Crippen LogP contribution in [0.5, 0.6) is 5.75 Å². The lowest BCUT2D eigenvalue weighted by molar-refractivity contribution is 0.0744. The summed E-state index contributed by atoms with van der Waals surface area (Å²) in [4.78, 5) is 14.7. The van der Waals surface area contributed by atoms with Crippen LogP contribution < -0.4 is 4.74 Å². The van der Waals surface area contributed by atoms with E-state index in [1.54, 1.807) is 12.0 Å². The van der Waals surface area contributed by atoms with Gasteiger partial charge in [0.15, 0.2) is 0 Å². The first-order valence-corrected chi connectivity index (χ1v) is 8.08. The molecule has 3 aromatic carbocycles. The standard InChI is InChI=1S/C21H16N2O2/c1-25-19-9-5-3-7-15(19)13-23-18(12-22)17-11-10-14-6-2-4-8-16(14)20(17)21(23)24/h2-11,18H,13H2,1H3. The van der Waals surface area contributed by atoms with Crippen molar-refractivity contribution in [2.45, 2.75) is 12.6 Å². The molecule has 0 aliphatic carbocycles. The molecule has 0 saturated carbocycles. The molecule has 1 amide bonds. The summed E-state index contributed by atoms with van der Waals surface area (Å²) >= 11 is 0. The van der Waals surface area contributed by atoms with Crippen LogP contribution in [0.2, 0.25) is 0 Å². The van der Waals surface area contributed by atoms with Crippen molar-refractivity contribution in [1.82, 2.24) is 4.90 Å². The van der Waals surface area contributed by atoms with Crippen molar-refractivity contribution in [3.8, 4) is 11.8 Å². The Labute approximate surface area is 145 Å². The first kappa shape index (κ1) is 15.2. The molecule has 1 unspecified atom stereocenters. The Morgan fingerprint density at radius 3 is 2.64 bits per heavy atom. The van der Waals surface area contributed by atoms with E-state index in [0.29, 0.717) is 17.9 Å². The smallest absolute Gasteiger partial charge is 0.256 e. The number of hydrogen-bond acceptors (Lipinski definition) is 3. The number of para-hydroxylation sites is 1. The number of carbonyl (C=O) groups is 1. The van der Waals surface area contributed by atoms with Gasteiger partial charge in [-0.1, -0.05) is 54.6 Å². The molecule has 4 nitrogen and oxygen atoms in total. The number of benzene rings is 3. The van der Waals surface area contributed by atoms with Gasteiger partial charge in [0, 0.05) is 11.1 Å². The Morgan fingerprint density at radius 1 is 1.08 bits per heavy atom. The molecule has 0 aromatic heterocycles. The Morgan fingerprint density at radius 2 is 1.84 bits per heavy atom. The van der Waals surface area contributed by atoms with Gasteiger partial charge >= 0.3 is 0 Å². The van der Waals surface area contributed by atoms with Gasteiger partial charge in [0.05, 0.1) is 25.3 Å². The van der Waals surface area contributed by atoms with Gasteiger partial charge in [0.1, 0.15) is 11.8 Å². The van der Waals surface area contributed by atoms with E-state index in [0.717, 1.165) is 21.9 Å². The Hall–Kier alpha value is -3.32. The topological polar surface area (TPSA) is 53.3 Å². The minimum absolute atomic E-state index is 0.107. The van der Waals surface area contributed by atoms with Crippen LogP contribution in [-0.4, -0.2) is 17.9 Å². The summed E-state index contributed by atoms with van der Waals surface area (Å²) in [6.07, 6.45) is 0. The zero-order valence-electron chi connectivity index (χ0n) is 13.8. The van der Waals surface area contributed by atoms with Crippen LogP contribution in [0.1, 0.15) is 27.5 Å². The molecule has 1 atom stereocenters. The van der Waals surface area contributed by atoms with Gasteiger partial charge in [-0.2, -0.15) is 5.26 Å².